The van der Waals surface area contributed by atoms with Crippen LogP contribution in [0.2, 0.25) is 0 Å². The molecule has 0 aromatic heterocycles. The molecule has 3 nitrogen and oxygen atoms in total. The fourth-order valence-electron chi connectivity index (χ4n) is 0.236. The Morgan fingerprint density at radius 1 is 1.67 bits per heavy atom. The van der Waals surface area contributed by atoms with Gasteiger partial charge in [0.05, 0.1) is 0 Å². The molecule has 0 aromatic carbocycles. The van der Waals surface area contributed by atoms with E-state index >= 15 is 0 Å². The largest absolute Gasteiger partial charge is 0.456 e. The van der Waals surface area contributed by atoms with Gasteiger partial charge in [-0.1, -0.05) is 12.7 Å². The summed E-state index contributed by atoms with van der Waals surface area (Å²) in [5.41, 5.74) is 0. The van der Waals surface area contributed by atoms with Crippen molar-refractivity contribution < 1.29 is 14.3 Å². The maximum absolute atomic E-state index is 10.3. The highest BCUT2D eigenvalue weighted by Crippen LogP contribution is 1.79. The zero-order valence-corrected chi connectivity index (χ0v) is 5.22. The van der Waals surface area contributed by atoms with Crippen LogP contribution in [-0.4, -0.2) is 18.4 Å². The Morgan fingerprint density at radius 3 is 2.56 bits per heavy atom. The Hall–Kier alpha value is -1.12. The summed E-state index contributed by atoms with van der Waals surface area (Å²) in [6.07, 6.45) is 1.40. The van der Waals surface area contributed by atoms with Crippen LogP contribution in [0.1, 0.15) is 6.92 Å². The molecule has 0 aliphatic carbocycles. The van der Waals surface area contributed by atoms with Gasteiger partial charge in [0.1, 0.15) is 6.61 Å². The van der Waals surface area contributed by atoms with Crippen LogP contribution in [0.5, 0.6) is 0 Å². The van der Waals surface area contributed by atoms with Crippen LogP contribution < -0.4 is 0 Å². The maximum atomic E-state index is 10.3. The summed E-state index contributed by atoms with van der Waals surface area (Å²) in [5.74, 6) is -1.40. The van der Waals surface area contributed by atoms with E-state index in [1.165, 1.54) is 6.08 Å². The molecule has 0 atom stereocenters. The lowest BCUT2D eigenvalue weighted by molar-refractivity contribution is -0.151. The molecule has 0 amide bonds. The first-order valence-electron chi connectivity index (χ1n) is 2.47. The number of esters is 1. The van der Waals surface area contributed by atoms with Crippen molar-refractivity contribution in [2.75, 3.05) is 6.61 Å². The van der Waals surface area contributed by atoms with Gasteiger partial charge in [0.25, 0.3) is 0 Å². The molecule has 0 saturated heterocycles. The van der Waals surface area contributed by atoms with E-state index < -0.39 is 11.8 Å². The van der Waals surface area contributed by atoms with Gasteiger partial charge in [-0.3, -0.25) is 4.79 Å². The molecule has 0 radical (unpaired) electrons. The van der Waals surface area contributed by atoms with Crippen molar-refractivity contribution in [3.63, 3.8) is 0 Å². The molecule has 3 heteroatoms. The molecular weight excluding hydrogens is 121 g/mol. The predicted molar refractivity (Wildman–Crippen MR) is 31.8 cm³/mol. The summed E-state index contributed by atoms with van der Waals surface area (Å²) in [6.45, 7) is 4.56. The van der Waals surface area contributed by atoms with Gasteiger partial charge in [-0.25, -0.2) is 4.79 Å². The second-order valence-electron chi connectivity index (χ2n) is 1.44. The monoisotopic (exact) mass is 129 g/mol. The highest BCUT2D eigenvalue weighted by Gasteiger charge is 2.05. The first-order valence-corrected chi connectivity index (χ1v) is 2.47. The Morgan fingerprint density at radius 2 is 2.22 bits per heavy atom. The minimum Gasteiger partial charge on any atom is -0.456 e. The molecule has 0 aliphatic rings. The minimum atomic E-state index is -0.810. The lowest BCUT2D eigenvalue weighted by atomic mass is 10.5. The molecule has 0 rings (SSSR count). The molecule has 0 heterocycles. The van der Waals surface area contributed by atoms with Crippen LogP contribution in [0.15, 0.2) is 12.7 Å². The fourth-order valence-corrected chi connectivity index (χ4v) is 0.236. The summed E-state index contributed by atoms with van der Waals surface area (Å²) >= 11 is 0. The first kappa shape index (κ1) is 7.88. The summed E-state index contributed by atoms with van der Waals surface area (Å²) in [6, 6.07) is 0. The highest BCUT2D eigenvalue weighted by atomic mass is 16.6. The van der Waals surface area contributed by atoms with Crippen molar-refractivity contribution in [2.24, 2.45) is 0 Å². The summed E-state index contributed by atoms with van der Waals surface area (Å²) in [5, 5.41) is 0. The average Bonchev–Trinajstić information content (AvgIpc) is 1.82. The molecule has 0 aliphatic heterocycles. The number of carbonyl (C=O) groups excluding carboxylic acids is 2. The Bertz CT molecular complexity index is 137. The molecule has 9 heavy (non-hydrogen) atoms. The lowest BCUT2D eigenvalue weighted by Gasteiger charge is -1.94. The summed E-state index contributed by atoms with van der Waals surface area (Å²) in [4.78, 5) is 20.4. The molecule has 0 unspecified atom stereocenters. The average molecular weight is 129 g/mol. The second-order valence-corrected chi connectivity index (χ2v) is 1.44. The third-order valence-electron chi connectivity index (χ3n) is 0.620. The second kappa shape index (κ2) is 3.83. The van der Waals surface area contributed by atoms with Crippen molar-refractivity contribution in [3.8, 4) is 0 Å². The van der Waals surface area contributed by atoms with Gasteiger partial charge >= 0.3 is 5.97 Å². The maximum Gasteiger partial charge on any atom is 0.374 e. The zero-order chi connectivity index (χ0) is 7.28. The molecule has 0 fully saturated rings. The van der Waals surface area contributed by atoms with Crippen molar-refractivity contribution in [2.45, 2.75) is 6.92 Å². The summed E-state index contributed by atoms with van der Waals surface area (Å²) < 4.78 is 4.35. The fraction of sp³-hybridized carbons (Fsp3) is 0.333. The smallest absolute Gasteiger partial charge is 0.374 e. The van der Waals surface area contributed by atoms with Gasteiger partial charge in [0.15, 0.2) is 0 Å². The summed E-state index contributed by atoms with van der Waals surface area (Å²) in [7, 11) is 0. The van der Waals surface area contributed by atoms with Crippen LogP contribution in [0.3, 0.4) is 0 Å². The van der Waals surface area contributed by atoms with E-state index in [0.717, 1.165) is 6.92 Å². The number of ether oxygens (including phenoxy) is 1. The van der Waals surface area contributed by atoms with Crippen LogP contribution in [-0.2, 0) is 14.3 Å². The Kier molecular flexibility index (Phi) is 3.35. The molecule has 0 N–H and O–H groups in total. The van der Waals surface area contributed by atoms with Gasteiger partial charge in [-0.2, -0.15) is 0 Å². The zero-order valence-electron chi connectivity index (χ0n) is 5.22. The van der Waals surface area contributed by atoms with E-state index in [1.807, 2.05) is 0 Å². The van der Waals surface area contributed by atoms with E-state index in [9.17, 15) is 9.59 Å². The normalized spacial score (nSPS) is 8.11. The Labute approximate surface area is 53.3 Å². The van der Waals surface area contributed by atoms with Gasteiger partial charge < -0.3 is 4.74 Å². The van der Waals surface area contributed by atoms with E-state index in [1.54, 1.807) is 0 Å². The van der Waals surface area contributed by atoms with Crippen molar-refractivity contribution >= 4 is 11.8 Å². The number of hydrogen-bond donors (Lipinski definition) is 0. The van der Waals surface area contributed by atoms with E-state index in [0.29, 0.717) is 0 Å². The molecule has 0 saturated carbocycles. The van der Waals surface area contributed by atoms with Gasteiger partial charge in [0.2, 0.25) is 5.78 Å². The molecule has 0 bridgehead atoms. The predicted octanol–water partition coefficient (Wildman–Crippen LogP) is 0.305. The third kappa shape index (κ3) is 3.46. The molecule has 0 aromatic rings. The van der Waals surface area contributed by atoms with Crippen molar-refractivity contribution in [3.05, 3.63) is 12.7 Å². The van der Waals surface area contributed by atoms with Crippen LogP contribution in [0.25, 0.3) is 0 Å². The lowest BCUT2D eigenvalue weighted by Crippen LogP contribution is -2.13. The number of hydrogen-bond acceptors (Lipinski definition) is 3. The first-order chi connectivity index (χ1) is 4.18. The number of Topliss-reactive ketones (excluding diaryl/α,β-unsaturated/α-hetero) is 1. The minimum absolute atomic E-state index is 0.0956. The Balaban J connectivity index is 3.51. The highest BCUT2D eigenvalue weighted by molar-refractivity contribution is 6.32. The van der Waals surface area contributed by atoms with Gasteiger partial charge in [-0.05, 0) is 0 Å². The number of ketones is 1. The van der Waals surface area contributed by atoms with Crippen LogP contribution >= 0.6 is 0 Å². The van der Waals surface area contributed by atoms with Crippen molar-refractivity contribution in [1.82, 2.24) is 0 Å². The van der Waals surface area contributed by atoms with Crippen LogP contribution in [0.4, 0.5) is 0 Å². The number of rotatable bonds is 3. The SMILES string of the molecule is C=C[13CH2]OC(=O)C(C)=O. The standard InChI is InChI=1S/C6H8O3/c1-3-4-9-6(8)5(2)7/h3H,1,4H2,2H3/i4+1. The number of carbonyl (C=O) groups is 2. The topological polar surface area (TPSA) is 43.4 Å². The van der Waals surface area contributed by atoms with Gasteiger partial charge in [0, 0.05) is 6.92 Å². The quantitative estimate of drug-likeness (QED) is 0.238. The van der Waals surface area contributed by atoms with Gasteiger partial charge in [-0.15, -0.1) is 0 Å². The molecule has 50 valence electrons. The molecule has 0 spiro atoms. The van der Waals surface area contributed by atoms with Crippen molar-refractivity contribution in [1.29, 1.82) is 0 Å². The third-order valence-corrected chi connectivity index (χ3v) is 0.620. The van der Waals surface area contributed by atoms with E-state index in [2.05, 4.69) is 11.3 Å². The van der Waals surface area contributed by atoms with E-state index in [4.69, 9.17) is 0 Å². The molecular formula is C6H8O3. The van der Waals surface area contributed by atoms with Crippen LogP contribution in [0, 0.1) is 0 Å². The van der Waals surface area contributed by atoms with E-state index in [-0.39, 0.29) is 6.61 Å².